The molecule has 134 valence electrons. The minimum atomic E-state index is 0. The molecule has 0 aliphatic carbocycles. The summed E-state index contributed by atoms with van der Waals surface area (Å²) in [5.74, 6) is 1.09. The average molecular weight is 446 g/mol. The normalized spacial score (nSPS) is 15.0. The number of benzene rings is 1. The highest BCUT2D eigenvalue weighted by Crippen LogP contribution is 2.16. The molecule has 0 radical (unpaired) electrons. The Balaban J connectivity index is 0.00000288. The number of amides is 1. The number of nitrogens with two attached hydrogens (primary N) is 1. The fraction of sp³-hybridized carbons (Fsp3) is 0.529. The van der Waals surface area contributed by atoms with Crippen molar-refractivity contribution in [3.8, 4) is 5.75 Å². The number of carbonyl (C=O) groups excluding carboxylic acids is 1. The Morgan fingerprint density at radius 1 is 1.25 bits per heavy atom. The van der Waals surface area contributed by atoms with E-state index >= 15 is 0 Å². The lowest BCUT2D eigenvalue weighted by Gasteiger charge is -2.26. The summed E-state index contributed by atoms with van der Waals surface area (Å²) in [6.07, 6.45) is 3.50. The predicted molar refractivity (Wildman–Crippen MR) is 108 cm³/mol. The third-order valence-corrected chi connectivity index (χ3v) is 3.59. The van der Waals surface area contributed by atoms with Gasteiger partial charge in [-0.3, -0.25) is 4.79 Å². The van der Waals surface area contributed by atoms with Crippen LogP contribution in [0.2, 0.25) is 0 Å². The molecule has 3 N–H and O–H groups in total. The number of ether oxygens (including phenoxy) is 1. The molecular formula is C17H27IN4O2. The predicted octanol–water partition coefficient (Wildman–Crippen LogP) is 2.83. The zero-order valence-corrected chi connectivity index (χ0v) is 16.7. The molecular weight excluding hydrogens is 419 g/mol. The molecule has 2 rings (SSSR count). The van der Waals surface area contributed by atoms with E-state index in [9.17, 15) is 4.79 Å². The average Bonchev–Trinajstić information content (AvgIpc) is 2.55. The number of anilines is 1. The number of likely N-dealkylation sites (tertiary alicyclic amines) is 1. The Bertz CT molecular complexity index is 540. The van der Waals surface area contributed by atoms with E-state index in [4.69, 9.17) is 10.5 Å². The largest absolute Gasteiger partial charge is 0.491 e. The Labute approximate surface area is 160 Å². The molecule has 0 saturated carbocycles. The van der Waals surface area contributed by atoms with Gasteiger partial charge in [0.25, 0.3) is 0 Å². The zero-order valence-electron chi connectivity index (χ0n) is 14.3. The lowest BCUT2D eigenvalue weighted by molar-refractivity contribution is -0.130. The van der Waals surface area contributed by atoms with E-state index in [1.165, 1.54) is 6.42 Å². The second kappa shape index (κ2) is 10.4. The highest BCUT2D eigenvalue weighted by Gasteiger charge is 2.15. The van der Waals surface area contributed by atoms with Gasteiger partial charge in [0.1, 0.15) is 12.3 Å². The molecule has 0 spiro atoms. The molecule has 0 aromatic heterocycles. The van der Waals surface area contributed by atoms with Crippen molar-refractivity contribution in [2.45, 2.75) is 39.2 Å². The summed E-state index contributed by atoms with van der Waals surface area (Å²) in [4.78, 5) is 18.0. The van der Waals surface area contributed by atoms with Gasteiger partial charge in [0.15, 0.2) is 5.96 Å². The summed E-state index contributed by atoms with van der Waals surface area (Å²) >= 11 is 0. The van der Waals surface area contributed by atoms with Gasteiger partial charge >= 0.3 is 0 Å². The van der Waals surface area contributed by atoms with Crippen LogP contribution in [0.5, 0.6) is 5.75 Å². The number of aliphatic imine (C=N–C) groups is 1. The number of halogens is 1. The highest BCUT2D eigenvalue weighted by atomic mass is 127. The smallest absolute Gasteiger partial charge is 0.244 e. The molecule has 1 saturated heterocycles. The molecule has 7 heteroatoms. The molecule has 6 nitrogen and oxygen atoms in total. The van der Waals surface area contributed by atoms with Crippen molar-refractivity contribution >= 4 is 41.5 Å². The summed E-state index contributed by atoms with van der Waals surface area (Å²) in [5, 5.41) is 2.98. The van der Waals surface area contributed by atoms with Crippen molar-refractivity contribution in [3.63, 3.8) is 0 Å². The maximum Gasteiger partial charge on any atom is 0.244 e. The van der Waals surface area contributed by atoms with Gasteiger partial charge in [-0.05, 0) is 57.4 Å². The van der Waals surface area contributed by atoms with Crippen molar-refractivity contribution in [2.24, 2.45) is 10.7 Å². The quantitative estimate of drug-likeness (QED) is 0.414. The maximum absolute atomic E-state index is 12.0. The van der Waals surface area contributed by atoms with E-state index in [1.807, 2.05) is 43.0 Å². The lowest BCUT2D eigenvalue weighted by Crippen LogP contribution is -2.37. The standard InChI is InChI=1S/C17H26N4O2.HI/c1-13(2)23-15-8-6-14(7-9-15)20-17(18)19-12-16(22)21-10-4-3-5-11-21;/h6-9,13H,3-5,10-12H2,1-2H3,(H3,18,19,20);1H. The topological polar surface area (TPSA) is 80.0 Å². The van der Waals surface area contributed by atoms with E-state index in [0.29, 0.717) is 0 Å². The van der Waals surface area contributed by atoms with E-state index in [1.54, 1.807) is 0 Å². The van der Waals surface area contributed by atoms with Crippen molar-refractivity contribution < 1.29 is 9.53 Å². The van der Waals surface area contributed by atoms with Crippen LogP contribution in [0.4, 0.5) is 5.69 Å². The van der Waals surface area contributed by atoms with Gasteiger partial charge < -0.3 is 20.7 Å². The maximum atomic E-state index is 12.0. The van der Waals surface area contributed by atoms with Crippen LogP contribution < -0.4 is 15.8 Å². The van der Waals surface area contributed by atoms with Gasteiger partial charge in [-0.15, -0.1) is 24.0 Å². The van der Waals surface area contributed by atoms with Crippen LogP contribution in [0.1, 0.15) is 33.1 Å². The fourth-order valence-corrected chi connectivity index (χ4v) is 2.47. The molecule has 1 heterocycles. The minimum absolute atomic E-state index is 0. The number of guanidine groups is 1. The number of piperidine rings is 1. The first-order valence-electron chi connectivity index (χ1n) is 8.16. The third-order valence-electron chi connectivity index (χ3n) is 3.59. The van der Waals surface area contributed by atoms with Crippen LogP contribution in [-0.2, 0) is 4.79 Å². The van der Waals surface area contributed by atoms with Crippen LogP contribution >= 0.6 is 24.0 Å². The zero-order chi connectivity index (χ0) is 16.7. The van der Waals surface area contributed by atoms with Crippen molar-refractivity contribution in [1.29, 1.82) is 0 Å². The van der Waals surface area contributed by atoms with Crippen molar-refractivity contribution in [2.75, 3.05) is 25.0 Å². The summed E-state index contributed by atoms with van der Waals surface area (Å²) in [6.45, 7) is 5.72. The number of carbonyl (C=O) groups is 1. The second-order valence-corrected chi connectivity index (χ2v) is 5.96. The molecule has 0 atom stereocenters. The van der Waals surface area contributed by atoms with Gasteiger partial charge in [-0.1, -0.05) is 0 Å². The van der Waals surface area contributed by atoms with Crippen LogP contribution in [-0.4, -0.2) is 42.5 Å². The van der Waals surface area contributed by atoms with Crippen LogP contribution in [0, 0.1) is 0 Å². The minimum Gasteiger partial charge on any atom is -0.491 e. The Morgan fingerprint density at radius 3 is 2.46 bits per heavy atom. The van der Waals surface area contributed by atoms with Gasteiger partial charge in [0.05, 0.1) is 6.10 Å². The molecule has 1 aliphatic rings. The molecule has 1 amide bonds. The lowest BCUT2D eigenvalue weighted by atomic mass is 10.1. The summed E-state index contributed by atoms with van der Waals surface area (Å²) < 4.78 is 5.58. The van der Waals surface area contributed by atoms with Gasteiger partial charge in [-0.2, -0.15) is 0 Å². The number of rotatable bonds is 5. The Hall–Kier alpha value is -1.51. The van der Waals surface area contributed by atoms with E-state index < -0.39 is 0 Å². The van der Waals surface area contributed by atoms with E-state index in [-0.39, 0.29) is 48.5 Å². The third kappa shape index (κ3) is 6.94. The number of nitrogens with one attached hydrogen (secondary N) is 1. The van der Waals surface area contributed by atoms with Gasteiger partial charge in [0.2, 0.25) is 5.91 Å². The summed E-state index contributed by atoms with van der Waals surface area (Å²) in [7, 11) is 0. The van der Waals surface area contributed by atoms with Gasteiger partial charge in [0, 0.05) is 18.8 Å². The molecule has 1 aromatic rings. The Kier molecular flexibility index (Phi) is 8.88. The van der Waals surface area contributed by atoms with Crippen molar-refractivity contribution in [1.82, 2.24) is 4.90 Å². The van der Waals surface area contributed by atoms with Crippen LogP contribution in [0.15, 0.2) is 29.3 Å². The molecule has 24 heavy (non-hydrogen) atoms. The first kappa shape index (κ1) is 20.5. The first-order chi connectivity index (χ1) is 11.0. The molecule has 1 fully saturated rings. The van der Waals surface area contributed by atoms with E-state index in [0.717, 1.165) is 37.4 Å². The van der Waals surface area contributed by atoms with Crippen LogP contribution in [0.25, 0.3) is 0 Å². The Morgan fingerprint density at radius 2 is 1.88 bits per heavy atom. The fourth-order valence-electron chi connectivity index (χ4n) is 2.47. The first-order valence-corrected chi connectivity index (χ1v) is 8.16. The monoisotopic (exact) mass is 446 g/mol. The second-order valence-electron chi connectivity index (χ2n) is 5.96. The SMILES string of the molecule is CC(C)Oc1ccc(NC(N)=NCC(=O)N2CCCCC2)cc1.I. The molecule has 1 aromatic carbocycles. The molecule has 0 unspecified atom stereocenters. The number of hydrogen-bond donors (Lipinski definition) is 2. The summed E-state index contributed by atoms with van der Waals surface area (Å²) in [5.41, 5.74) is 6.65. The number of nitrogens with zero attached hydrogens (tertiary/aromatic N) is 2. The number of hydrogen-bond acceptors (Lipinski definition) is 3. The van der Waals surface area contributed by atoms with Gasteiger partial charge in [-0.25, -0.2) is 4.99 Å². The highest BCUT2D eigenvalue weighted by molar-refractivity contribution is 14.0. The van der Waals surface area contributed by atoms with Crippen molar-refractivity contribution in [3.05, 3.63) is 24.3 Å². The summed E-state index contributed by atoms with van der Waals surface area (Å²) in [6, 6.07) is 7.47. The van der Waals surface area contributed by atoms with Crippen LogP contribution in [0.3, 0.4) is 0 Å². The molecule has 0 bridgehead atoms. The molecule has 1 aliphatic heterocycles. The van der Waals surface area contributed by atoms with E-state index in [2.05, 4.69) is 10.3 Å².